The van der Waals surface area contributed by atoms with Gasteiger partial charge in [0.15, 0.2) is 0 Å². The molecule has 7 nitrogen and oxygen atoms in total. The molecule has 0 aromatic heterocycles. The normalized spacial score (nSPS) is 10.0. The number of benzene rings is 2. The van der Waals surface area contributed by atoms with Crippen molar-refractivity contribution in [1.82, 2.24) is 5.32 Å². The van der Waals surface area contributed by atoms with Crippen LogP contribution in [0.3, 0.4) is 0 Å². The highest BCUT2D eigenvalue weighted by Gasteiger charge is 2.22. The molecule has 2 rings (SSSR count). The van der Waals surface area contributed by atoms with E-state index in [4.69, 9.17) is 9.47 Å². The molecule has 1 N–H and O–H groups in total. The number of hydrogen-bond acceptors (Lipinski definition) is 5. The standard InChI is InChI=1S/C20H22N2O5/c1-14(23)22(17-10-6-5-9-16(17)20(25)27-3)13-19(24)21-12-15-8-4-7-11-18(15)26-2/h4-11H,12-13H2,1-3H3,(H,21,24). The van der Waals surface area contributed by atoms with E-state index in [-0.39, 0.29) is 30.5 Å². The van der Waals surface area contributed by atoms with Crippen LogP contribution in [0, 0.1) is 0 Å². The summed E-state index contributed by atoms with van der Waals surface area (Å²) < 4.78 is 10.0. The van der Waals surface area contributed by atoms with Crippen LogP contribution in [-0.4, -0.2) is 38.5 Å². The number of nitrogens with one attached hydrogen (secondary N) is 1. The van der Waals surface area contributed by atoms with E-state index in [2.05, 4.69) is 5.32 Å². The van der Waals surface area contributed by atoms with Crippen molar-refractivity contribution in [1.29, 1.82) is 0 Å². The maximum absolute atomic E-state index is 12.4. The molecule has 0 saturated carbocycles. The minimum absolute atomic E-state index is 0.215. The van der Waals surface area contributed by atoms with Crippen LogP contribution in [0.5, 0.6) is 5.75 Å². The van der Waals surface area contributed by atoms with Gasteiger partial charge in [-0.15, -0.1) is 0 Å². The molecule has 0 saturated heterocycles. The molecule has 0 bridgehead atoms. The number of ether oxygens (including phenoxy) is 2. The van der Waals surface area contributed by atoms with Crippen molar-refractivity contribution >= 4 is 23.5 Å². The Kier molecular flexibility index (Phi) is 6.93. The van der Waals surface area contributed by atoms with Crippen molar-refractivity contribution in [2.24, 2.45) is 0 Å². The van der Waals surface area contributed by atoms with Crippen LogP contribution in [-0.2, 0) is 20.9 Å². The number of anilines is 1. The Morgan fingerprint density at radius 2 is 1.67 bits per heavy atom. The lowest BCUT2D eigenvalue weighted by atomic mass is 10.1. The van der Waals surface area contributed by atoms with Gasteiger partial charge in [-0.3, -0.25) is 9.59 Å². The second kappa shape index (κ2) is 9.38. The van der Waals surface area contributed by atoms with E-state index in [0.717, 1.165) is 5.56 Å². The number of carbonyl (C=O) groups excluding carboxylic acids is 3. The zero-order valence-electron chi connectivity index (χ0n) is 15.5. The van der Waals surface area contributed by atoms with Gasteiger partial charge >= 0.3 is 5.97 Å². The highest BCUT2D eigenvalue weighted by Crippen LogP contribution is 2.21. The van der Waals surface area contributed by atoms with Gasteiger partial charge in [0.05, 0.1) is 25.5 Å². The number of rotatable bonds is 7. The fourth-order valence-electron chi connectivity index (χ4n) is 2.60. The van der Waals surface area contributed by atoms with E-state index in [1.165, 1.54) is 18.9 Å². The fraction of sp³-hybridized carbons (Fsp3) is 0.250. The number of carbonyl (C=O) groups is 3. The van der Waals surface area contributed by atoms with Gasteiger partial charge in [0, 0.05) is 19.0 Å². The Morgan fingerprint density at radius 1 is 1.00 bits per heavy atom. The topological polar surface area (TPSA) is 84.9 Å². The molecule has 0 spiro atoms. The van der Waals surface area contributed by atoms with Crippen LogP contribution in [0.25, 0.3) is 0 Å². The molecule has 7 heteroatoms. The third-order valence-electron chi connectivity index (χ3n) is 3.95. The van der Waals surface area contributed by atoms with Crippen LogP contribution in [0.1, 0.15) is 22.8 Å². The highest BCUT2D eigenvalue weighted by molar-refractivity contribution is 6.04. The quantitative estimate of drug-likeness (QED) is 0.755. The molecule has 142 valence electrons. The van der Waals surface area contributed by atoms with Gasteiger partial charge in [-0.05, 0) is 18.2 Å². The van der Waals surface area contributed by atoms with E-state index in [1.54, 1.807) is 37.4 Å². The molecule has 0 heterocycles. The molecule has 0 atom stereocenters. The zero-order valence-corrected chi connectivity index (χ0v) is 15.5. The maximum atomic E-state index is 12.4. The van der Waals surface area contributed by atoms with Gasteiger partial charge in [-0.2, -0.15) is 0 Å². The first kappa shape index (κ1) is 20.0. The number of esters is 1. The summed E-state index contributed by atoms with van der Waals surface area (Å²) in [4.78, 5) is 37.7. The minimum Gasteiger partial charge on any atom is -0.496 e. The Morgan fingerprint density at radius 3 is 2.33 bits per heavy atom. The molecule has 0 aliphatic heterocycles. The fourth-order valence-corrected chi connectivity index (χ4v) is 2.60. The first-order valence-corrected chi connectivity index (χ1v) is 8.32. The SMILES string of the molecule is COC(=O)c1ccccc1N(CC(=O)NCc1ccccc1OC)C(C)=O. The van der Waals surface area contributed by atoms with Crippen molar-refractivity contribution < 1.29 is 23.9 Å². The third kappa shape index (κ3) is 5.07. The van der Waals surface area contributed by atoms with E-state index in [0.29, 0.717) is 11.4 Å². The summed E-state index contributed by atoms with van der Waals surface area (Å²) in [5, 5.41) is 2.76. The molecule has 2 amide bonds. The van der Waals surface area contributed by atoms with Crippen molar-refractivity contribution in [2.45, 2.75) is 13.5 Å². The summed E-state index contributed by atoms with van der Waals surface area (Å²) in [6.07, 6.45) is 0. The lowest BCUT2D eigenvalue weighted by Crippen LogP contribution is -2.40. The first-order chi connectivity index (χ1) is 13.0. The van der Waals surface area contributed by atoms with Crippen LogP contribution in [0.2, 0.25) is 0 Å². The second-order valence-corrected chi connectivity index (χ2v) is 5.70. The Balaban J connectivity index is 2.14. The molecular weight excluding hydrogens is 348 g/mol. The summed E-state index contributed by atoms with van der Waals surface area (Å²) in [6, 6.07) is 13.8. The van der Waals surface area contributed by atoms with Crippen molar-refractivity contribution in [3.8, 4) is 5.75 Å². The maximum Gasteiger partial charge on any atom is 0.339 e. The molecule has 27 heavy (non-hydrogen) atoms. The third-order valence-corrected chi connectivity index (χ3v) is 3.95. The highest BCUT2D eigenvalue weighted by atomic mass is 16.5. The van der Waals surface area contributed by atoms with E-state index in [9.17, 15) is 14.4 Å². The van der Waals surface area contributed by atoms with Gasteiger partial charge in [-0.25, -0.2) is 4.79 Å². The van der Waals surface area contributed by atoms with Gasteiger partial charge in [0.25, 0.3) is 0 Å². The average molecular weight is 370 g/mol. The van der Waals surface area contributed by atoms with Gasteiger partial charge in [0.1, 0.15) is 12.3 Å². The predicted molar refractivity (Wildman–Crippen MR) is 101 cm³/mol. The van der Waals surface area contributed by atoms with Crippen molar-refractivity contribution in [3.63, 3.8) is 0 Å². The molecule has 2 aromatic rings. The van der Waals surface area contributed by atoms with Crippen molar-refractivity contribution in [3.05, 3.63) is 59.7 Å². The van der Waals surface area contributed by atoms with Crippen LogP contribution in [0.15, 0.2) is 48.5 Å². The van der Waals surface area contributed by atoms with E-state index < -0.39 is 5.97 Å². The summed E-state index contributed by atoms with van der Waals surface area (Å²) in [5.74, 6) is -0.641. The minimum atomic E-state index is -0.578. The molecule has 0 radical (unpaired) electrons. The summed E-state index contributed by atoms with van der Waals surface area (Å²) in [7, 11) is 2.82. The van der Waals surface area contributed by atoms with Gasteiger partial charge in [0.2, 0.25) is 11.8 Å². The Bertz CT molecular complexity index is 835. The predicted octanol–water partition coefficient (Wildman–Crippen LogP) is 2.15. The lowest BCUT2D eigenvalue weighted by Gasteiger charge is -2.22. The number of para-hydroxylation sites is 2. The molecule has 2 aromatic carbocycles. The van der Waals surface area contributed by atoms with Crippen molar-refractivity contribution in [2.75, 3.05) is 25.7 Å². The molecule has 0 aliphatic carbocycles. The number of nitrogens with zero attached hydrogens (tertiary/aromatic N) is 1. The lowest BCUT2D eigenvalue weighted by molar-refractivity contribution is -0.123. The number of amides is 2. The number of methoxy groups -OCH3 is 2. The summed E-state index contributed by atoms with van der Waals surface area (Å²) >= 11 is 0. The summed E-state index contributed by atoms with van der Waals surface area (Å²) in [5.41, 5.74) is 1.36. The first-order valence-electron chi connectivity index (χ1n) is 8.32. The molecule has 0 unspecified atom stereocenters. The van der Waals surface area contributed by atoms with Crippen LogP contribution in [0.4, 0.5) is 5.69 Å². The van der Waals surface area contributed by atoms with Gasteiger partial charge in [-0.1, -0.05) is 30.3 Å². The Labute approximate surface area is 157 Å². The average Bonchev–Trinajstić information content (AvgIpc) is 2.69. The molecule has 0 aliphatic rings. The van der Waals surface area contributed by atoms with Crippen LogP contribution >= 0.6 is 0 Å². The number of hydrogen-bond donors (Lipinski definition) is 1. The smallest absolute Gasteiger partial charge is 0.339 e. The molecular formula is C20H22N2O5. The van der Waals surface area contributed by atoms with E-state index in [1.807, 2.05) is 18.2 Å². The van der Waals surface area contributed by atoms with Gasteiger partial charge < -0.3 is 19.7 Å². The summed E-state index contributed by atoms with van der Waals surface area (Å²) in [6.45, 7) is 1.37. The monoisotopic (exact) mass is 370 g/mol. The second-order valence-electron chi connectivity index (χ2n) is 5.70. The zero-order chi connectivity index (χ0) is 19.8. The van der Waals surface area contributed by atoms with Crippen LogP contribution < -0.4 is 15.0 Å². The molecule has 0 fully saturated rings. The van der Waals surface area contributed by atoms with E-state index >= 15 is 0 Å². The largest absolute Gasteiger partial charge is 0.496 e. The Hall–Kier alpha value is -3.35.